The van der Waals surface area contributed by atoms with Gasteiger partial charge in [-0.25, -0.2) is 0 Å². The summed E-state index contributed by atoms with van der Waals surface area (Å²) >= 11 is 0. The number of amides is 1. The van der Waals surface area contributed by atoms with E-state index in [-0.39, 0.29) is 31.2 Å². The average Bonchev–Trinajstić information content (AvgIpc) is 3.14. The van der Waals surface area contributed by atoms with Crippen molar-refractivity contribution < 1.29 is 9.21 Å². The number of aromatic nitrogens is 3. The zero-order valence-corrected chi connectivity index (χ0v) is 11.1. The van der Waals surface area contributed by atoms with Gasteiger partial charge in [-0.2, -0.15) is 10.5 Å². The highest BCUT2D eigenvalue weighted by Gasteiger charge is 2.17. The number of carbonyl (C=O) groups excluding carboxylic acids is 1. The van der Waals surface area contributed by atoms with Gasteiger partial charge in [0.2, 0.25) is 11.7 Å². The molecule has 0 aliphatic carbocycles. The van der Waals surface area contributed by atoms with Crippen LogP contribution in [0.2, 0.25) is 0 Å². The number of hydrogen-bond acceptors (Lipinski definition) is 6. The number of hydrogen-bond donors (Lipinski definition) is 0. The van der Waals surface area contributed by atoms with Crippen LogP contribution in [0.15, 0.2) is 29.1 Å². The number of carbonyl (C=O) groups is 1. The van der Waals surface area contributed by atoms with Gasteiger partial charge in [0, 0.05) is 6.54 Å². The third-order valence-corrected chi connectivity index (χ3v) is 2.79. The highest BCUT2D eigenvalue weighted by molar-refractivity contribution is 5.76. The summed E-state index contributed by atoms with van der Waals surface area (Å²) in [5.74, 6) is 0.463. The van der Waals surface area contributed by atoms with Crippen molar-refractivity contribution in [2.75, 3.05) is 6.54 Å². The second-order valence-electron chi connectivity index (χ2n) is 4.20. The van der Waals surface area contributed by atoms with Crippen LogP contribution in [0.5, 0.6) is 0 Å². The third kappa shape index (κ3) is 3.67. The average molecular weight is 284 g/mol. The Morgan fingerprint density at radius 1 is 1.48 bits per heavy atom. The molecule has 0 aromatic carbocycles. The summed E-state index contributed by atoms with van der Waals surface area (Å²) in [6, 6.07) is 7.35. The Kier molecular flexibility index (Phi) is 4.67. The minimum Gasteiger partial charge on any atom is -0.467 e. The van der Waals surface area contributed by atoms with Crippen molar-refractivity contribution in [2.24, 2.45) is 0 Å². The first-order chi connectivity index (χ1) is 10.2. The second-order valence-corrected chi connectivity index (χ2v) is 4.20. The van der Waals surface area contributed by atoms with Crippen molar-refractivity contribution in [3.05, 3.63) is 36.3 Å². The lowest BCUT2D eigenvalue weighted by atomic mass is 10.3. The van der Waals surface area contributed by atoms with Gasteiger partial charge in [-0.05, 0) is 12.1 Å². The van der Waals surface area contributed by atoms with E-state index in [4.69, 9.17) is 14.9 Å². The number of nitriles is 2. The van der Waals surface area contributed by atoms with Crippen LogP contribution >= 0.6 is 0 Å². The van der Waals surface area contributed by atoms with Gasteiger partial charge in [-0.15, -0.1) is 10.2 Å². The molecular formula is C13H12N6O2. The molecule has 0 aliphatic rings. The summed E-state index contributed by atoms with van der Waals surface area (Å²) in [4.78, 5) is 13.8. The van der Waals surface area contributed by atoms with Crippen molar-refractivity contribution in [1.82, 2.24) is 19.7 Å². The van der Waals surface area contributed by atoms with E-state index >= 15 is 0 Å². The van der Waals surface area contributed by atoms with Crippen LogP contribution in [0.3, 0.4) is 0 Å². The minimum atomic E-state index is -0.238. The summed E-state index contributed by atoms with van der Waals surface area (Å²) < 4.78 is 6.58. The van der Waals surface area contributed by atoms with E-state index in [0.29, 0.717) is 12.3 Å². The van der Waals surface area contributed by atoms with Crippen LogP contribution in [-0.4, -0.2) is 32.1 Å². The Morgan fingerprint density at radius 2 is 2.33 bits per heavy atom. The maximum absolute atomic E-state index is 12.3. The van der Waals surface area contributed by atoms with Crippen molar-refractivity contribution in [1.29, 1.82) is 10.5 Å². The zero-order chi connectivity index (χ0) is 15.1. The van der Waals surface area contributed by atoms with E-state index in [1.807, 2.05) is 12.1 Å². The normalized spacial score (nSPS) is 9.81. The Labute approximate surface area is 120 Å². The zero-order valence-electron chi connectivity index (χ0n) is 11.1. The maximum Gasteiger partial charge on any atom is 0.243 e. The molecule has 0 fully saturated rings. The topological polar surface area (TPSA) is 112 Å². The molecule has 2 aromatic heterocycles. The summed E-state index contributed by atoms with van der Waals surface area (Å²) in [7, 11) is 0. The molecule has 0 radical (unpaired) electrons. The van der Waals surface area contributed by atoms with Crippen molar-refractivity contribution in [3.63, 3.8) is 0 Å². The van der Waals surface area contributed by atoms with E-state index in [1.54, 1.807) is 12.1 Å². The number of rotatable bonds is 6. The molecule has 0 N–H and O–H groups in total. The largest absolute Gasteiger partial charge is 0.467 e. The fourth-order valence-corrected chi connectivity index (χ4v) is 1.77. The molecule has 21 heavy (non-hydrogen) atoms. The van der Waals surface area contributed by atoms with Gasteiger partial charge >= 0.3 is 0 Å². The lowest BCUT2D eigenvalue weighted by Crippen LogP contribution is -2.34. The molecular weight excluding hydrogens is 272 g/mol. The fraction of sp³-hybridized carbons (Fsp3) is 0.308. The van der Waals surface area contributed by atoms with Gasteiger partial charge in [0.25, 0.3) is 0 Å². The van der Waals surface area contributed by atoms with Gasteiger partial charge in [0.1, 0.15) is 24.7 Å². The van der Waals surface area contributed by atoms with Crippen LogP contribution in [0.1, 0.15) is 18.0 Å². The monoisotopic (exact) mass is 284 g/mol. The molecule has 0 atom stereocenters. The molecule has 2 heterocycles. The van der Waals surface area contributed by atoms with E-state index in [0.717, 1.165) is 0 Å². The van der Waals surface area contributed by atoms with Crippen molar-refractivity contribution >= 4 is 5.91 Å². The van der Waals surface area contributed by atoms with Gasteiger partial charge in [0.05, 0.1) is 25.3 Å². The molecule has 0 spiro atoms. The van der Waals surface area contributed by atoms with Crippen LogP contribution in [-0.2, 0) is 17.9 Å². The molecule has 1 amide bonds. The van der Waals surface area contributed by atoms with Crippen LogP contribution in [0, 0.1) is 22.7 Å². The van der Waals surface area contributed by atoms with E-state index in [9.17, 15) is 4.79 Å². The first-order valence-electron chi connectivity index (χ1n) is 6.19. The minimum absolute atomic E-state index is 0.0535. The molecule has 0 unspecified atom stereocenters. The predicted octanol–water partition coefficient (Wildman–Crippen LogP) is 0.685. The van der Waals surface area contributed by atoms with Crippen molar-refractivity contribution in [2.45, 2.75) is 19.5 Å². The first-order valence-corrected chi connectivity index (χ1v) is 6.19. The Balaban J connectivity index is 2.07. The van der Waals surface area contributed by atoms with E-state index in [1.165, 1.54) is 22.1 Å². The lowest BCUT2D eigenvalue weighted by molar-refractivity contribution is -0.132. The quantitative estimate of drug-likeness (QED) is 0.771. The summed E-state index contributed by atoms with van der Waals surface area (Å²) in [6.07, 6.45) is 3.07. The molecule has 2 aromatic rings. The Bertz CT molecular complexity index is 676. The van der Waals surface area contributed by atoms with Gasteiger partial charge in [0.15, 0.2) is 0 Å². The van der Waals surface area contributed by atoms with Gasteiger partial charge < -0.3 is 9.32 Å². The third-order valence-electron chi connectivity index (χ3n) is 2.79. The van der Waals surface area contributed by atoms with Gasteiger partial charge in [-0.1, -0.05) is 0 Å². The molecule has 0 saturated carbocycles. The summed E-state index contributed by atoms with van der Waals surface area (Å²) in [5, 5.41) is 24.7. The fourth-order valence-electron chi connectivity index (χ4n) is 1.77. The van der Waals surface area contributed by atoms with E-state index < -0.39 is 0 Å². The highest BCUT2D eigenvalue weighted by Crippen LogP contribution is 2.08. The molecule has 0 bridgehead atoms. The molecule has 8 heteroatoms. The van der Waals surface area contributed by atoms with Crippen LogP contribution in [0.25, 0.3) is 0 Å². The standard InChI is InChI=1S/C13H12N6O2/c14-4-2-5-18(8-11-3-1-6-21-11)13(20)9-19-10-16-17-12(19)7-15/h1,3,6,10H,2,5,8-9H2. The molecule has 106 valence electrons. The highest BCUT2D eigenvalue weighted by atomic mass is 16.3. The lowest BCUT2D eigenvalue weighted by Gasteiger charge is -2.20. The first kappa shape index (κ1) is 14.3. The SMILES string of the molecule is N#CCCN(Cc1ccco1)C(=O)Cn1cnnc1C#N. The smallest absolute Gasteiger partial charge is 0.243 e. The number of nitrogens with zero attached hydrogens (tertiary/aromatic N) is 6. The molecule has 0 saturated heterocycles. The van der Waals surface area contributed by atoms with Crippen LogP contribution in [0.4, 0.5) is 0 Å². The second kappa shape index (κ2) is 6.87. The van der Waals surface area contributed by atoms with Gasteiger partial charge in [-0.3, -0.25) is 9.36 Å². The molecule has 8 nitrogen and oxygen atoms in total. The van der Waals surface area contributed by atoms with Crippen molar-refractivity contribution in [3.8, 4) is 12.1 Å². The maximum atomic E-state index is 12.3. The van der Waals surface area contributed by atoms with E-state index in [2.05, 4.69) is 10.2 Å². The summed E-state index contributed by atoms with van der Waals surface area (Å²) in [6.45, 7) is 0.513. The van der Waals surface area contributed by atoms with Crippen LogP contribution < -0.4 is 0 Å². The molecule has 2 rings (SSSR count). The Hall–Kier alpha value is -3.13. The predicted molar refractivity (Wildman–Crippen MR) is 69.1 cm³/mol. The Morgan fingerprint density at radius 3 is 3.00 bits per heavy atom. The number of furan rings is 1. The molecule has 0 aliphatic heterocycles. The summed E-state index contributed by atoms with van der Waals surface area (Å²) in [5.41, 5.74) is 0.